The maximum atomic E-state index is 13.3. The molecule has 0 atom stereocenters. The molecule has 0 aliphatic rings. The van der Waals surface area contributed by atoms with E-state index in [1.807, 2.05) is 0 Å². The van der Waals surface area contributed by atoms with Gasteiger partial charge in [0.05, 0.1) is 0 Å². The van der Waals surface area contributed by atoms with Crippen molar-refractivity contribution in [3.63, 3.8) is 0 Å². The first-order valence-electron chi connectivity index (χ1n) is 7.55. The number of carbonyl (C=O) groups is 1. The topological polar surface area (TPSA) is 66.9 Å². The summed E-state index contributed by atoms with van der Waals surface area (Å²) in [7, 11) is 0. The predicted octanol–water partition coefficient (Wildman–Crippen LogP) is 4.71. The van der Waals surface area contributed by atoms with E-state index < -0.39 is 17.5 Å². The van der Waals surface area contributed by atoms with E-state index in [0.717, 1.165) is 12.1 Å². The summed E-state index contributed by atoms with van der Waals surface area (Å²) in [5, 5.41) is 6.00. The molecule has 3 aromatic rings. The maximum absolute atomic E-state index is 13.3. The number of carbonyl (C=O) groups excluding carboxylic acids is 1. The van der Waals surface area contributed by atoms with E-state index in [2.05, 4.69) is 20.6 Å². The van der Waals surface area contributed by atoms with Crippen LogP contribution in [0.5, 0.6) is 0 Å². The highest BCUT2D eigenvalue weighted by molar-refractivity contribution is 6.30. The highest BCUT2D eigenvalue weighted by Crippen LogP contribution is 2.18. The lowest BCUT2D eigenvalue weighted by molar-refractivity contribution is 0.102. The van der Waals surface area contributed by atoms with Gasteiger partial charge in [0.25, 0.3) is 5.91 Å². The molecule has 0 fully saturated rings. The van der Waals surface area contributed by atoms with Gasteiger partial charge < -0.3 is 10.6 Å². The van der Waals surface area contributed by atoms with Crippen molar-refractivity contribution >= 4 is 34.8 Å². The largest absolute Gasteiger partial charge is 0.324 e. The first kappa shape index (κ1) is 17.8. The van der Waals surface area contributed by atoms with E-state index in [9.17, 15) is 13.6 Å². The van der Waals surface area contributed by atoms with Gasteiger partial charge in [0.2, 0.25) is 5.95 Å². The summed E-state index contributed by atoms with van der Waals surface area (Å²) in [6.45, 7) is 1.69. The smallest absolute Gasteiger partial charge is 0.274 e. The number of nitrogens with one attached hydrogen (secondary N) is 2. The minimum Gasteiger partial charge on any atom is -0.324 e. The zero-order chi connectivity index (χ0) is 18.7. The molecule has 0 unspecified atom stereocenters. The third-order valence-corrected chi connectivity index (χ3v) is 3.62. The van der Waals surface area contributed by atoms with Gasteiger partial charge in [-0.05, 0) is 49.4 Å². The van der Waals surface area contributed by atoms with Gasteiger partial charge in [-0.2, -0.15) is 0 Å². The Morgan fingerprint density at radius 2 is 1.65 bits per heavy atom. The molecule has 2 N–H and O–H groups in total. The number of anilines is 3. The zero-order valence-electron chi connectivity index (χ0n) is 13.6. The monoisotopic (exact) mass is 374 g/mol. The SMILES string of the molecule is Cc1cc(C(=O)Nc2ccc(Cl)cc2)nc(Nc2ccc(F)c(F)c2)n1. The van der Waals surface area contributed by atoms with E-state index in [1.54, 1.807) is 31.2 Å². The second-order valence-electron chi connectivity index (χ2n) is 5.43. The Balaban J connectivity index is 1.81. The molecule has 0 radical (unpaired) electrons. The molecule has 1 amide bonds. The van der Waals surface area contributed by atoms with Crippen LogP contribution in [0, 0.1) is 18.6 Å². The van der Waals surface area contributed by atoms with Crippen LogP contribution in [0.3, 0.4) is 0 Å². The molecule has 0 spiro atoms. The Hall–Kier alpha value is -3.06. The van der Waals surface area contributed by atoms with Crippen LogP contribution in [-0.4, -0.2) is 15.9 Å². The molecule has 0 bridgehead atoms. The van der Waals surface area contributed by atoms with Gasteiger partial charge in [-0.25, -0.2) is 18.7 Å². The van der Waals surface area contributed by atoms with Crippen LogP contribution in [0.4, 0.5) is 26.1 Å². The Morgan fingerprint density at radius 3 is 2.35 bits per heavy atom. The van der Waals surface area contributed by atoms with E-state index in [-0.39, 0.29) is 17.3 Å². The minimum atomic E-state index is -0.997. The maximum Gasteiger partial charge on any atom is 0.274 e. The molecule has 0 saturated carbocycles. The molecule has 0 saturated heterocycles. The average molecular weight is 375 g/mol. The van der Waals surface area contributed by atoms with E-state index in [4.69, 9.17) is 11.6 Å². The van der Waals surface area contributed by atoms with E-state index in [1.165, 1.54) is 12.1 Å². The summed E-state index contributed by atoms with van der Waals surface area (Å²) in [5.41, 5.74) is 1.48. The van der Waals surface area contributed by atoms with Crippen LogP contribution in [0.1, 0.15) is 16.2 Å². The molecule has 1 heterocycles. The Labute approximate surface area is 153 Å². The molecule has 2 aromatic carbocycles. The van der Waals surface area contributed by atoms with Crippen LogP contribution in [0.15, 0.2) is 48.5 Å². The van der Waals surface area contributed by atoms with Gasteiger partial charge in [-0.15, -0.1) is 0 Å². The van der Waals surface area contributed by atoms with Crippen LogP contribution in [0.2, 0.25) is 5.02 Å². The average Bonchev–Trinajstić information content (AvgIpc) is 2.59. The van der Waals surface area contributed by atoms with Crippen molar-refractivity contribution < 1.29 is 13.6 Å². The second-order valence-corrected chi connectivity index (χ2v) is 5.87. The standard InChI is InChI=1S/C18H13ClF2N4O/c1-10-8-16(17(26)23-12-4-2-11(19)3-5-12)25-18(22-10)24-13-6-7-14(20)15(21)9-13/h2-9H,1H3,(H,23,26)(H,22,24,25). The van der Waals surface area contributed by atoms with Gasteiger partial charge in [0.1, 0.15) is 5.69 Å². The third-order valence-electron chi connectivity index (χ3n) is 3.36. The number of nitrogens with zero attached hydrogens (tertiary/aromatic N) is 2. The molecule has 26 heavy (non-hydrogen) atoms. The lowest BCUT2D eigenvalue weighted by Gasteiger charge is -2.09. The highest BCUT2D eigenvalue weighted by Gasteiger charge is 2.12. The lowest BCUT2D eigenvalue weighted by atomic mass is 10.2. The fourth-order valence-electron chi connectivity index (χ4n) is 2.17. The van der Waals surface area contributed by atoms with Crippen molar-refractivity contribution in [1.29, 1.82) is 0 Å². The van der Waals surface area contributed by atoms with Crippen molar-refractivity contribution in [2.45, 2.75) is 6.92 Å². The van der Waals surface area contributed by atoms with Gasteiger partial charge in [-0.1, -0.05) is 11.6 Å². The first-order chi connectivity index (χ1) is 12.4. The third kappa shape index (κ3) is 4.31. The minimum absolute atomic E-state index is 0.0947. The molecule has 8 heteroatoms. The van der Waals surface area contributed by atoms with E-state index in [0.29, 0.717) is 16.4 Å². The van der Waals surface area contributed by atoms with Crippen molar-refractivity contribution in [1.82, 2.24) is 9.97 Å². The number of benzene rings is 2. The number of aromatic nitrogens is 2. The molecule has 5 nitrogen and oxygen atoms in total. The molecule has 132 valence electrons. The van der Waals surface area contributed by atoms with Crippen LogP contribution >= 0.6 is 11.6 Å². The van der Waals surface area contributed by atoms with Gasteiger partial charge in [0.15, 0.2) is 11.6 Å². The molecule has 0 aliphatic carbocycles. The summed E-state index contributed by atoms with van der Waals surface area (Å²) >= 11 is 5.81. The summed E-state index contributed by atoms with van der Waals surface area (Å²) in [6.07, 6.45) is 0. The van der Waals surface area contributed by atoms with Crippen LogP contribution < -0.4 is 10.6 Å². The quantitative estimate of drug-likeness (QED) is 0.694. The molecular formula is C18H13ClF2N4O. The highest BCUT2D eigenvalue weighted by atomic mass is 35.5. The normalized spacial score (nSPS) is 10.5. The van der Waals surface area contributed by atoms with Crippen molar-refractivity contribution in [3.05, 3.63) is 76.6 Å². The number of halogens is 3. The first-order valence-corrected chi connectivity index (χ1v) is 7.93. The molecule has 3 rings (SSSR count). The fraction of sp³-hybridized carbons (Fsp3) is 0.0556. The number of amides is 1. The summed E-state index contributed by atoms with van der Waals surface area (Å²) < 4.78 is 26.3. The zero-order valence-corrected chi connectivity index (χ0v) is 14.3. The Kier molecular flexibility index (Phi) is 5.09. The summed E-state index contributed by atoms with van der Waals surface area (Å²) in [4.78, 5) is 20.6. The summed E-state index contributed by atoms with van der Waals surface area (Å²) in [6, 6.07) is 11.5. The Bertz CT molecular complexity index is 964. The predicted molar refractivity (Wildman–Crippen MR) is 95.8 cm³/mol. The van der Waals surface area contributed by atoms with Crippen molar-refractivity contribution in [2.75, 3.05) is 10.6 Å². The van der Waals surface area contributed by atoms with Gasteiger partial charge in [-0.3, -0.25) is 4.79 Å². The second kappa shape index (κ2) is 7.45. The number of hydrogen-bond donors (Lipinski definition) is 2. The summed E-state index contributed by atoms with van der Waals surface area (Å²) in [5.74, 6) is -2.30. The number of aryl methyl sites for hydroxylation is 1. The fourth-order valence-corrected chi connectivity index (χ4v) is 2.30. The van der Waals surface area contributed by atoms with Crippen molar-refractivity contribution in [2.24, 2.45) is 0 Å². The van der Waals surface area contributed by atoms with Gasteiger partial charge >= 0.3 is 0 Å². The Morgan fingerprint density at radius 1 is 0.962 bits per heavy atom. The van der Waals surface area contributed by atoms with Crippen LogP contribution in [-0.2, 0) is 0 Å². The van der Waals surface area contributed by atoms with E-state index >= 15 is 0 Å². The number of rotatable bonds is 4. The van der Waals surface area contributed by atoms with Crippen LogP contribution in [0.25, 0.3) is 0 Å². The molecule has 1 aromatic heterocycles. The number of hydrogen-bond acceptors (Lipinski definition) is 4. The van der Waals surface area contributed by atoms with Gasteiger partial charge in [0, 0.05) is 28.2 Å². The van der Waals surface area contributed by atoms with Crippen molar-refractivity contribution in [3.8, 4) is 0 Å². The molecular weight excluding hydrogens is 362 g/mol. The molecule has 0 aliphatic heterocycles. The lowest BCUT2D eigenvalue weighted by Crippen LogP contribution is -2.15.